The molecule has 0 spiro atoms. The van der Waals surface area contributed by atoms with E-state index in [0.717, 1.165) is 23.3 Å². The minimum atomic E-state index is -0.465. The fraction of sp³-hybridized carbons (Fsp3) is 0.533. The molecule has 0 heterocycles. The second-order valence-corrected chi connectivity index (χ2v) is 6.13. The lowest BCUT2D eigenvalue weighted by Gasteiger charge is -2.12. The van der Waals surface area contributed by atoms with Crippen molar-refractivity contribution in [1.82, 2.24) is 5.32 Å². The van der Waals surface area contributed by atoms with E-state index in [1.807, 2.05) is 24.3 Å². The Hall–Kier alpha value is -1.00. The van der Waals surface area contributed by atoms with Gasteiger partial charge in [0.1, 0.15) is 0 Å². The number of aliphatic hydroxyl groups is 1. The van der Waals surface area contributed by atoms with Crippen LogP contribution in [-0.2, 0) is 4.79 Å². The fourth-order valence-corrected chi connectivity index (χ4v) is 3.13. The smallest absolute Gasteiger partial charge is 0.230 e. The molecule has 0 radical (unpaired) electrons. The van der Waals surface area contributed by atoms with Gasteiger partial charge in [0.15, 0.2) is 0 Å². The summed E-state index contributed by atoms with van der Waals surface area (Å²) in [5.41, 5.74) is 0.890. The van der Waals surface area contributed by atoms with Gasteiger partial charge in [-0.3, -0.25) is 4.79 Å². The highest BCUT2D eigenvalue weighted by Crippen LogP contribution is 2.23. The van der Waals surface area contributed by atoms with Crippen molar-refractivity contribution in [2.75, 3.05) is 5.75 Å². The van der Waals surface area contributed by atoms with Crippen LogP contribution < -0.4 is 5.32 Å². The largest absolute Gasteiger partial charge is 0.389 e. The van der Waals surface area contributed by atoms with Crippen LogP contribution in [-0.4, -0.2) is 22.8 Å². The molecule has 0 aromatic heterocycles. The number of rotatable bonds is 5. The Kier molecular flexibility index (Phi) is 5.28. The van der Waals surface area contributed by atoms with Crippen LogP contribution in [0.4, 0.5) is 0 Å². The molecule has 104 valence electrons. The molecule has 3 nitrogen and oxygen atoms in total. The first-order chi connectivity index (χ1) is 9.15. The summed E-state index contributed by atoms with van der Waals surface area (Å²) in [5.74, 6) is 0.555. The molecule has 1 fully saturated rings. The topological polar surface area (TPSA) is 49.3 Å². The molecule has 1 aromatic carbocycles. The summed E-state index contributed by atoms with van der Waals surface area (Å²) in [5, 5.41) is 12.6. The maximum atomic E-state index is 11.8. The quantitative estimate of drug-likeness (QED) is 0.815. The fourth-order valence-electron chi connectivity index (χ4n) is 2.35. The van der Waals surface area contributed by atoms with Crippen LogP contribution >= 0.6 is 11.8 Å². The van der Waals surface area contributed by atoms with Gasteiger partial charge in [0.05, 0.1) is 11.9 Å². The zero-order valence-electron chi connectivity index (χ0n) is 11.3. The van der Waals surface area contributed by atoms with Gasteiger partial charge in [-0.05, 0) is 37.5 Å². The van der Waals surface area contributed by atoms with E-state index in [1.54, 1.807) is 6.92 Å². The zero-order valence-corrected chi connectivity index (χ0v) is 12.1. The van der Waals surface area contributed by atoms with Crippen molar-refractivity contribution < 1.29 is 9.90 Å². The Bertz CT molecular complexity index is 428. The van der Waals surface area contributed by atoms with Crippen LogP contribution in [0.2, 0.25) is 0 Å². The Labute approximate surface area is 118 Å². The van der Waals surface area contributed by atoms with Crippen LogP contribution in [0, 0.1) is 0 Å². The number of carbonyl (C=O) groups is 1. The molecule has 2 rings (SSSR count). The lowest BCUT2D eigenvalue weighted by atomic mass is 10.1. The minimum absolute atomic E-state index is 0.111. The van der Waals surface area contributed by atoms with Gasteiger partial charge >= 0.3 is 0 Å². The zero-order chi connectivity index (χ0) is 13.7. The molecule has 1 amide bonds. The molecule has 1 aromatic rings. The summed E-state index contributed by atoms with van der Waals surface area (Å²) in [6.45, 7) is 1.75. The third-order valence-corrected chi connectivity index (χ3v) is 4.42. The van der Waals surface area contributed by atoms with Crippen molar-refractivity contribution in [3.8, 4) is 0 Å². The van der Waals surface area contributed by atoms with E-state index in [1.165, 1.54) is 24.6 Å². The van der Waals surface area contributed by atoms with E-state index in [0.29, 0.717) is 11.8 Å². The molecule has 19 heavy (non-hydrogen) atoms. The van der Waals surface area contributed by atoms with Gasteiger partial charge in [0.25, 0.3) is 0 Å². The molecular weight excluding hydrogens is 258 g/mol. The molecule has 0 aliphatic heterocycles. The van der Waals surface area contributed by atoms with Crippen LogP contribution in [0.25, 0.3) is 0 Å². The Morgan fingerprint density at radius 3 is 2.89 bits per heavy atom. The number of aliphatic hydroxyl groups excluding tert-OH is 1. The Morgan fingerprint density at radius 1 is 1.47 bits per heavy atom. The number of benzene rings is 1. The highest BCUT2D eigenvalue weighted by molar-refractivity contribution is 8.00. The molecule has 1 saturated carbocycles. The van der Waals surface area contributed by atoms with E-state index in [9.17, 15) is 9.90 Å². The summed E-state index contributed by atoms with van der Waals surface area (Å²) in [7, 11) is 0. The van der Waals surface area contributed by atoms with Gasteiger partial charge in [-0.2, -0.15) is 0 Å². The molecule has 1 aliphatic rings. The van der Waals surface area contributed by atoms with Crippen molar-refractivity contribution in [2.24, 2.45) is 0 Å². The predicted octanol–water partition coefficient (Wildman–Crippen LogP) is 2.89. The maximum absolute atomic E-state index is 11.8. The second kappa shape index (κ2) is 6.96. The highest BCUT2D eigenvalue weighted by atomic mass is 32.2. The number of carbonyl (C=O) groups excluding carboxylic acids is 1. The van der Waals surface area contributed by atoms with Gasteiger partial charge in [0.2, 0.25) is 5.91 Å². The summed E-state index contributed by atoms with van der Waals surface area (Å²) in [6, 6.07) is 8.11. The molecule has 0 saturated heterocycles. The minimum Gasteiger partial charge on any atom is -0.389 e. The van der Waals surface area contributed by atoms with Gasteiger partial charge < -0.3 is 10.4 Å². The van der Waals surface area contributed by atoms with Crippen LogP contribution in [0.15, 0.2) is 29.2 Å². The normalized spacial score (nSPS) is 17.4. The molecule has 2 N–H and O–H groups in total. The number of thioether (sulfide) groups is 1. The third-order valence-electron chi connectivity index (χ3n) is 3.43. The van der Waals surface area contributed by atoms with Gasteiger partial charge in [0, 0.05) is 10.9 Å². The summed E-state index contributed by atoms with van der Waals surface area (Å²) in [6.07, 6.45) is 4.23. The van der Waals surface area contributed by atoms with E-state index in [-0.39, 0.29) is 5.91 Å². The lowest BCUT2D eigenvalue weighted by molar-refractivity contribution is -0.119. The predicted molar refractivity (Wildman–Crippen MR) is 78.2 cm³/mol. The van der Waals surface area contributed by atoms with E-state index in [2.05, 4.69) is 5.32 Å². The molecule has 4 heteroatoms. The van der Waals surface area contributed by atoms with Crippen LogP contribution in [0.1, 0.15) is 44.3 Å². The average molecular weight is 279 g/mol. The first-order valence-corrected chi connectivity index (χ1v) is 7.84. The monoisotopic (exact) mass is 279 g/mol. The standard InChI is InChI=1S/C15H21NO2S/c1-11(17)12-5-4-8-14(9-12)19-10-15(18)16-13-6-2-3-7-13/h4-5,8-9,11,13,17H,2-3,6-7,10H2,1H3,(H,16,18). The first kappa shape index (κ1) is 14.4. The van der Waals surface area contributed by atoms with Crippen molar-refractivity contribution in [2.45, 2.75) is 49.6 Å². The maximum Gasteiger partial charge on any atom is 0.230 e. The van der Waals surface area contributed by atoms with Crippen molar-refractivity contribution >= 4 is 17.7 Å². The van der Waals surface area contributed by atoms with Gasteiger partial charge in [-0.1, -0.05) is 25.0 Å². The molecule has 1 aliphatic carbocycles. The number of hydrogen-bond donors (Lipinski definition) is 2. The number of amides is 1. The number of hydrogen-bond acceptors (Lipinski definition) is 3. The Morgan fingerprint density at radius 2 is 2.21 bits per heavy atom. The SMILES string of the molecule is CC(O)c1cccc(SCC(=O)NC2CCCC2)c1. The second-order valence-electron chi connectivity index (χ2n) is 5.09. The molecule has 1 atom stereocenters. The van der Waals surface area contributed by atoms with E-state index >= 15 is 0 Å². The number of nitrogens with one attached hydrogen (secondary N) is 1. The summed E-state index contributed by atoms with van der Waals surface area (Å²) >= 11 is 1.52. The highest BCUT2D eigenvalue weighted by Gasteiger charge is 2.16. The van der Waals surface area contributed by atoms with Crippen molar-refractivity contribution in [3.63, 3.8) is 0 Å². The van der Waals surface area contributed by atoms with Gasteiger partial charge in [-0.15, -0.1) is 11.8 Å². The molecule has 0 bridgehead atoms. The average Bonchev–Trinajstić information content (AvgIpc) is 2.89. The Balaban J connectivity index is 1.80. The summed E-state index contributed by atoms with van der Waals surface area (Å²) in [4.78, 5) is 12.8. The molecular formula is C15H21NO2S. The van der Waals surface area contributed by atoms with Crippen molar-refractivity contribution in [3.05, 3.63) is 29.8 Å². The summed E-state index contributed by atoms with van der Waals surface area (Å²) < 4.78 is 0. The first-order valence-electron chi connectivity index (χ1n) is 6.85. The lowest BCUT2D eigenvalue weighted by Crippen LogP contribution is -2.33. The van der Waals surface area contributed by atoms with Crippen LogP contribution in [0.3, 0.4) is 0 Å². The van der Waals surface area contributed by atoms with Gasteiger partial charge in [-0.25, -0.2) is 0 Å². The van der Waals surface area contributed by atoms with E-state index in [4.69, 9.17) is 0 Å². The van der Waals surface area contributed by atoms with Crippen LogP contribution in [0.5, 0.6) is 0 Å². The molecule has 1 unspecified atom stereocenters. The third kappa shape index (κ3) is 4.55. The van der Waals surface area contributed by atoms with E-state index < -0.39 is 6.10 Å². The van der Waals surface area contributed by atoms with Crippen molar-refractivity contribution in [1.29, 1.82) is 0 Å².